The van der Waals surface area contributed by atoms with Gasteiger partial charge in [-0.15, -0.1) is 0 Å². The van der Waals surface area contributed by atoms with Crippen LogP contribution in [0.4, 0.5) is 11.4 Å². The molecule has 0 atom stereocenters. The lowest BCUT2D eigenvalue weighted by atomic mass is 10.1. The van der Waals surface area contributed by atoms with Crippen LogP contribution in [-0.4, -0.2) is 62.5 Å². The van der Waals surface area contributed by atoms with Crippen LogP contribution in [0.15, 0.2) is 43.0 Å². The van der Waals surface area contributed by atoms with E-state index >= 15 is 0 Å². The number of fused-ring (bicyclic) bond motifs is 1. The highest BCUT2D eigenvalue weighted by molar-refractivity contribution is 5.91. The molecular weight excluding hydrogens is 412 g/mol. The number of rotatable bonds is 5. The maximum absolute atomic E-state index is 9.82. The van der Waals surface area contributed by atoms with Gasteiger partial charge < -0.3 is 19.8 Å². The van der Waals surface area contributed by atoms with E-state index in [0.29, 0.717) is 5.56 Å². The van der Waals surface area contributed by atoms with Crippen molar-refractivity contribution in [1.29, 1.82) is 5.26 Å². The van der Waals surface area contributed by atoms with Gasteiger partial charge in [0, 0.05) is 74.0 Å². The number of nitrogens with zero attached hydrogens (tertiary/aromatic N) is 6. The molecule has 168 valence electrons. The van der Waals surface area contributed by atoms with E-state index in [1.54, 1.807) is 6.20 Å². The van der Waals surface area contributed by atoms with Gasteiger partial charge in [0.05, 0.1) is 29.7 Å². The molecule has 8 nitrogen and oxygen atoms in total. The van der Waals surface area contributed by atoms with Crippen LogP contribution in [0.5, 0.6) is 0 Å². The molecule has 33 heavy (non-hydrogen) atoms. The summed E-state index contributed by atoms with van der Waals surface area (Å²) >= 11 is 0. The number of anilines is 2. The fourth-order valence-corrected chi connectivity index (χ4v) is 4.48. The van der Waals surface area contributed by atoms with Gasteiger partial charge in [-0.25, -0.2) is 4.98 Å². The average molecular weight is 441 g/mol. The van der Waals surface area contributed by atoms with Crippen LogP contribution < -0.4 is 5.32 Å². The number of piperazine rings is 1. The minimum atomic E-state index is 0.503. The summed E-state index contributed by atoms with van der Waals surface area (Å²) < 4.78 is 2.11. The third-order valence-corrected chi connectivity index (χ3v) is 6.65. The first-order valence-corrected chi connectivity index (χ1v) is 11.2. The van der Waals surface area contributed by atoms with E-state index in [4.69, 9.17) is 4.98 Å². The molecule has 1 saturated heterocycles. The van der Waals surface area contributed by atoms with E-state index < -0.39 is 0 Å². The molecule has 1 fully saturated rings. The minimum absolute atomic E-state index is 0.503. The zero-order valence-corrected chi connectivity index (χ0v) is 19.3. The number of likely N-dealkylation sites (N-methyl/N-ethyl adjacent to an activating group) is 1. The molecule has 8 heteroatoms. The summed E-state index contributed by atoms with van der Waals surface area (Å²) in [6.07, 6.45) is 7.25. The van der Waals surface area contributed by atoms with Gasteiger partial charge in [0.1, 0.15) is 11.9 Å². The van der Waals surface area contributed by atoms with Gasteiger partial charge in [-0.1, -0.05) is 0 Å². The summed E-state index contributed by atoms with van der Waals surface area (Å²) in [5.74, 6) is 1.01. The molecule has 0 saturated carbocycles. The predicted molar refractivity (Wildman–Crippen MR) is 130 cm³/mol. The van der Waals surface area contributed by atoms with E-state index in [2.05, 4.69) is 61.8 Å². The van der Waals surface area contributed by atoms with Crippen molar-refractivity contribution in [3.05, 3.63) is 59.9 Å². The Morgan fingerprint density at radius 1 is 1.09 bits per heavy atom. The van der Waals surface area contributed by atoms with Crippen LogP contribution in [0.3, 0.4) is 0 Å². The maximum atomic E-state index is 9.82. The standard InChI is InChI=1S/C25H28N8/c1-17-19-6-7-28-22(19)5-4-21(17)30-25-18(12-26)13-27-14-20(25)23-15-29-24(32(23)3)16-33-10-8-31(2)9-11-33/h4-7,13-15,28H,8-11,16H2,1-3H3,(H,27,30). The van der Waals surface area contributed by atoms with Crippen molar-refractivity contribution in [2.45, 2.75) is 13.5 Å². The van der Waals surface area contributed by atoms with Crippen molar-refractivity contribution < 1.29 is 0 Å². The summed E-state index contributed by atoms with van der Waals surface area (Å²) in [7, 11) is 4.20. The number of hydrogen-bond donors (Lipinski definition) is 2. The van der Waals surface area contributed by atoms with Gasteiger partial charge in [0.25, 0.3) is 0 Å². The number of H-pyrrole nitrogens is 1. The van der Waals surface area contributed by atoms with Gasteiger partial charge in [0.15, 0.2) is 0 Å². The van der Waals surface area contributed by atoms with Crippen LogP contribution in [-0.2, 0) is 13.6 Å². The monoisotopic (exact) mass is 440 g/mol. The number of nitriles is 1. The second-order valence-corrected chi connectivity index (χ2v) is 8.72. The lowest BCUT2D eigenvalue weighted by Gasteiger charge is -2.32. The molecule has 1 aliphatic rings. The Morgan fingerprint density at radius 2 is 1.91 bits per heavy atom. The third kappa shape index (κ3) is 3.97. The van der Waals surface area contributed by atoms with Crippen molar-refractivity contribution >= 4 is 22.3 Å². The molecule has 5 rings (SSSR count). The third-order valence-electron chi connectivity index (χ3n) is 6.65. The van der Waals surface area contributed by atoms with Gasteiger partial charge >= 0.3 is 0 Å². The largest absolute Gasteiger partial charge is 0.361 e. The first-order chi connectivity index (χ1) is 16.0. The molecule has 3 aromatic heterocycles. The van der Waals surface area contributed by atoms with Crippen LogP contribution in [0.2, 0.25) is 0 Å². The molecule has 0 radical (unpaired) electrons. The van der Waals surface area contributed by atoms with Crippen molar-refractivity contribution in [2.24, 2.45) is 7.05 Å². The van der Waals surface area contributed by atoms with Gasteiger partial charge in [0.2, 0.25) is 0 Å². The summed E-state index contributed by atoms with van der Waals surface area (Å²) in [6, 6.07) is 8.46. The second-order valence-electron chi connectivity index (χ2n) is 8.72. The fraction of sp³-hybridized carbons (Fsp3) is 0.320. The van der Waals surface area contributed by atoms with Crippen molar-refractivity contribution in [1.82, 2.24) is 29.3 Å². The summed E-state index contributed by atoms with van der Waals surface area (Å²) in [5.41, 5.74) is 6.23. The fourth-order valence-electron chi connectivity index (χ4n) is 4.48. The Labute approximate surface area is 193 Å². The molecule has 0 bridgehead atoms. The number of nitrogens with one attached hydrogen (secondary N) is 2. The predicted octanol–water partition coefficient (Wildman–Crippen LogP) is 3.63. The van der Waals surface area contributed by atoms with Gasteiger partial charge in [-0.3, -0.25) is 9.88 Å². The topological polar surface area (TPSA) is 88.8 Å². The lowest BCUT2D eigenvalue weighted by molar-refractivity contribution is 0.144. The number of benzene rings is 1. The lowest BCUT2D eigenvalue weighted by Crippen LogP contribution is -2.44. The van der Waals surface area contributed by atoms with E-state index in [0.717, 1.165) is 77.6 Å². The van der Waals surface area contributed by atoms with E-state index in [1.807, 2.05) is 31.7 Å². The highest BCUT2D eigenvalue weighted by Crippen LogP contribution is 2.35. The molecule has 2 N–H and O–H groups in total. The Kier molecular flexibility index (Phi) is 5.58. The molecule has 0 unspecified atom stereocenters. The Morgan fingerprint density at radius 3 is 2.70 bits per heavy atom. The molecule has 1 aromatic carbocycles. The van der Waals surface area contributed by atoms with E-state index in [9.17, 15) is 5.26 Å². The Balaban J connectivity index is 1.50. The summed E-state index contributed by atoms with van der Waals surface area (Å²) in [5, 5.41) is 14.5. The second kappa shape index (κ2) is 8.70. The average Bonchev–Trinajstić information content (AvgIpc) is 3.45. The normalized spacial score (nSPS) is 15.1. The molecule has 4 aromatic rings. The number of aromatic nitrogens is 4. The van der Waals surface area contributed by atoms with Crippen LogP contribution in [0.1, 0.15) is 17.0 Å². The molecule has 4 heterocycles. The highest BCUT2D eigenvalue weighted by Gasteiger charge is 2.20. The first-order valence-electron chi connectivity index (χ1n) is 11.2. The van der Waals surface area contributed by atoms with Gasteiger partial charge in [-0.2, -0.15) is 5.26 Å². The zero-order valence-electron chi connectivity index (χ0n) is 19.3. The van der Waals surface area contributed by atoms with Crippen molar-refractivity contribution in [3.63, 3.8) is 0 Å². The van der Waals surface area contributed by atoms with Crippen LogP contribution in [0.25, 0.3) is 22.2 Å². The molecular formula is C25H28N8. The number of aryl methyl sites for hydroxylation is 1. The number of pyridine rings is 1. The summed E-state index contributed by atoms with van der Waals surface area (Å²) in [6.45, 7) is 7.12. The number of aromatic amines is 1. The van der Waals surface area contributed by atoms with Crippen molar-refractivity contribution in [2.75, 3.05) is 38.5 Å². The smallest absolute Gasteiger partial charge is 0.123 e. The zero-order chi connectivity index (χ0) is 22.9. The first kappa shape index (κ1) is 21.2. The molecule has 0 spiro atoms. The van der Waals surface area contributed by atoms with Crippen molar-refractivity contribution in [3.8, 4) is 17.3 Å². The SMILES string of the molecule is Cc1c(Nc2c(C#N)cncc2-c2cnc(CN3CCN(C)CC3)n2C)ccc2[nH]ccc12. The summed E-state index contributed by atoms with van der Waals surface area (Å²) in [4.78, 5) is 17.1. The minimum Gasteiger partial charge on any atom is -0.361 e. The quantitative estimate of drug-likeness (QED) is 0.493. The van der Waals surface area contributed by atoms with E-state index in [-0.39, 0.29) is 0 Å². The Bertz CT molecular complexity index is 1330. The Hall–Kier alpha value is -3.67. The van der Waals surface area contributed by atoms with E-state index in [1.165, 1.54) is 0 Å². The number of hydrogen-bond acceptors (Lipinski definition) is 6. The number of imidazole rings is 1. The molecule has 0 aliphatic carbocycles. The van der Waals surface area contributed by atoms with Crippen LogP contribution in [0, 0.1) is 18.3 Å². The highest BCUT2D eigenvalue weighted by atomic mass is 15.3. The molecule has 0 amide bonds. The van der Waals surface area contributed by atoms with Crippen LogP contribution >= 0.6 is 0 Å². The molecule has 1 aliphatic heterocycles. The van der Waals surface area contributed by atoms with Gasteiger partial charge in [-0.05, 0) is 37.7 Å². The maximum Gasteiger partial charge on any atom is 0.123 e.